The summed E-state index contributed by atoms with van der Waals surface area (Å²) in [6.45, 7) is 0. The number of nitrogens with one attached hydrogen (secondary N) is 1. The first-order valence-electron chi connectivity index (χ1n) is 8.36. The molecule has 1 saturated carbocycles. The lowest BCUT2D eigenvalue weighted by atomic mass is 9.96. The van der Waals surface area contributed by atoms with Crippen molar-refractivity contribution in [3.63, 3.8) is 0 Å². The summed E-state index contributed by atoms with van der Waals surface area (Å²) >= 11 is 1.40. The molecule has 0 radical (unpaired) electrons. The maximum absolute atomic E-state index is 12.9. The monoisotopic (exact) mass is 383 g/mol. The third kappa shape index (κ3) is 3.62. The van der Waals surface area contributed by atoms with Crippen molar-refractivity contribution in [2.24, 2.45) is 0 Å². The summed E-state index contributed by atoms with van der Waals surface area (Å²) in [6, 6.07) is 3.51. The Kier molecular flexibility index (Phi) is 4.47. The van der Waals surface area contributed by atoms with E-state index in [1.807, 2.05) is 0 Å². The van der Waals surface area contributed by atoms with Crippen LogP contribution < -0.4 is 5.32 Å². The van der Waals surface area contributed by atoms with Crippen LogP contribution in [0.5, 0.6) is 0 Å². The third-order valence-corrected chi connectivity index (χ3v) is 5.16. The van der Waals surface area contributed by atoms with Gasteiger partial charge in [-0.2, -0.15) is 22.8 Å². The molecule has 4 rings (SSSR count). The van der Waals surface area contributed by atoms with E-state index >= 15 is 0 Å². The van der Waals surface area contributed by atoms with Crippen LogP contribution in [0.25, 0.3) is 5.65 Å². The maximum atomic E-state index is 12.9. The summed E-state index contributed by atoms with van der Waals surface area (Å²) < 4.78 is 39.6. The molecule has 26 heavy (non-hydrogen) atoms. The topological polar surface area (TPSA) is 80.9 Å². The van der Waals surface area contributed by atoms with E-state index in [9.17, 15) is 13.2 Å². The number of anilines is 1. The molecule has 11 heteroatoms. The van der Waals surface area contributed by atoms with E-state index in [2.05, 4.69) is 30.8 Å². The van der Waals surface area contributed by atoms with Crippen LogP contribution in [0.15, 0.2) is 12.1 Å². The summed E-state index contributed by atoms with van der Waals surface area (Å²) in [5.74, 6) is -1.13. The fourth-order valence-electron chi connectivity index (χ4n) is 3.06. The minimum Gasteiger partial charge on any atom is -0.357 e. The second kappa shape index (κ2) is 6.78. The second-order valence-corrected chi connectivity index (χ2v) is 7.34. The molecular formula is C15H16F3N7S. The summed E-state index contributed by atoms with van der Waals surface area (Å²) in [7, 11) is 0. The molecule has 0 saturated heterocycles. The van der Waals surface area contributed by atoms with Gasteiger partial charge in [-0.3, -0.25) is 0 Å². The van der Waals surface area contributed by atoms with Crippen LogP contribution >= 0.6 is 11.3 Å². The number of fused-ring (bicyclic) bond motifs is 1. The number of hydrogen-bond donors (Lipinski definition) is 1. The highest BCUT2D eigenvalue weighted by Crippen LogP contribution is 2.28. The predicted molar refractivity (Wildman–Crippen MR) is 89.0 cm³/mol. The van der Waals surface area contributed by atoms with Gasteiger partial charge in [0.15, 0.2) is 5.65 Å². The van der Waals surface area contributed by atoms with Crippen LogP contribution in [0.2, 0.25) is 0 Å². The molecule has 0 bridgehead atoms. The lowest BCUT2D eigenvalue weighted by Crippen LogP contribution is -2.21. The molecule has 0 atom stereocenters. The number of aromatic nitrogens is 6. The molecule has 7 nitrogen and oxygen atoms in total. The largest absolute Gasteiger partial charge is 0.453 e. The average molecular weight is 383 g/mol. The van der Waals surface area contributed by atoms with Crippen LogP contribution in [-0.2, 0) is 12.6 Å². The van der Waals surface area contributed by atoms with Crippen LogP contribution in [-0.4, -0.2) is 36.1 Å². The number of hydrogen-bond acceptors (Lipinski definition) is 7. The predicted octanol–water partition coefficient (Wildman–Crippen LogP) is 3.33. The van der Waals surface area contributed by atoms with Crippen molar-refractivity contribution in [2.45, 2.75) is 50.7 Å². The van der Waals surface area contributed by atoms with E-state index in [4.69, 9.17) is 0 Å². The lowest BCUT2D eigenvalue weighted by molar-refractivity contribution is -0.146. The van der Waals surface area contributed by atoms with E-state index in [0.717, 1.165) is 22.5 Å². The van der Waals surface area contributed by atoms with E-state index in [1.165, 1.54) is 36.7 Å². The Balaban J connectivity index is 1.50. The molecule has 3 aromatic heterocycles. The SMILES string of the molecule is FC(F)(F)c1nnc2ccc(Cc3nnc(NC4CCCCC4)s3)nn12. The van der Waals surface area contributed by atoms with Gasteiger partial charge in [0.25, 0.3) is 5.82 Å². The molecule has 1 aliphatic carbocycles. The first-order chi connectivity index (χ1) is 12.5. The zero-order valence-electron chi connectivity index (χ0n) is 13.7. The highest BCUT2D eigenvalue weighted by molar-refractivity contribution is 7.15. The number of alkyl halides is 3. The fraction of sp³-hybridized carbons (Fsp3) is 0.533. The lowest BCUT2D eigenvalue weighted by Gasteiger charge is -2.21. The van der Waals surface area contributed by atoms with E-state index in [0.29, 0.717) is 23.2 Å². The summed E-state index contributed by atoms with van der Waals surface area (Å²) in [6.07, 6.45) is 1.65. The Morgan fingerprint density at radius 1 is 1.08 bits per heavy atom. The minimum absolute atomic E-state index is 0.0537. The Morgan fingerprint density at radius 3 is 2.65 bits per heavy atom. The van der Waals surface area contributed by atoms with E-state index in [-0.39, 0.29) is 5.65 Å². The zero-order valence-corrected chi connectivity index (χ0v) is 14.5. The number of halogens is 3. The molecule has 1 aliphatic rings. The molecule has 1 fully saturated rings. The first kappa shape index (κ1) is 17.1. The van der Waals surface area contributed by atoms with Gasteiger partial charge in [-0.05, 0) is 25.0 Å². The molecular weight excluding hydrogens is 367 g/mol. The van der Waals surface area contributed by atoms with Crippen molar-refractivity contribution in [2.75, 3.05) is 5.32 Å². The first-order valence-corrected chi connectivity index (χ1v) is 9.18. The van der Waals surface area contributed by atoms with Gasteiger partial charge in [-0.1, -0.05) is 30.6 Å². The van der Waals surface area contributed by atoms with Crippen LogP contribution in [0.4, 0.5) is 18.3 Å². The van der Waals surface area contributed by atoms with E-state index in [1.54, 1.807) is 6.07 Å². The van der Waals surface area contributed by atoms with Crippen LogP contribution in [0.3, 0.4) is 0 Å². The smallest absolute Gasteiger partial charge is 0.357 e. The highest BCUT2D eigenvalue weighted by atomic mass is 32.1. The highest BCUT2D eigenvalue weighted by Gasteiger charge is 2.37. The summed E-state index contributed by atoms with van der Waals surface area (Å²) in [5, 5.41) is 23.8. The Bertz CT molecular complexity index is 898. The Hall–Kier alpha value is -2.30. The van der Waals surface area contributed by atoms with Crippen molar-refractivity contribution >= 4 is 22.1 Å². The van der Waals surface area contributed by atoms with Gasteiger partial charge in [-0.25, -0.2) is 0 Å². The average Bonchev–Trinajstić information content (AvgIpc) is 3.22. The number of rotatable bonds is 4. The molecule has 0 amide bonds. The zero-order chi connectivity index (χ0) is 18.1. The third-order valence-electron chi connectivity index (χ3n) is 4.30. The fourth-order valence-corrected chi connectivity index (χ4v) is 3.89. The Labute approximate surface area is 150 Å². The van der Waals surface area contributed by atoms with Gasteiger partial charge in [0.2, 0.25) is 5.13 Å². The van der Waals surface area contributed by atoms with Crippen molar-refractivity contribution in [1.82, 2.24) is 30.0 Å². The van der Waals surface area contributed by atoms with Gasteiger partial charge in [-0.15, -0.1) is 20.4 Å². The molecule has 0 spiro atoms. The summed E-state index contributed by atoms with van der Waals surface area (Å²) in [5.41, 5.74) is 0.501. The molecule has 0 unspecified atom stereocenters. The van der Waals surface area contributed by atoms with Gasteiger partial charge < -0.3 is 5.32 Å². The van der Waals surface area contributed by atoms with Crippen molar-refractivity contribution in [3.05, 3.63) is 28.7 Å². The molecule has 3 aromatic rings. The van der Waals surface area contributed by atoms with E-state index < -0.39 is 12.0 Å². The molecule has 3 heterocycles. The molecule has 138 valence electrons. The van der Waals surface area contributed by atoms with Crippen LogP contribution in [0.1, 0.15) is 48.6 Å². The molecule has 0 aromatic carbocycles. The quantitative estimate of drug-likeness (QED) is 0.744. The second-order valence-electron chi connectivity index (χ2n) is 6.27. The normalized spacial score (nSPS) is 16.3. The van der Waals surface area contributed by atoms with Crippen molar-refractivity contribution in [3.8, 4) is 0 Å². The van der Waals surface area contributed by atoms with Gasteiger partial charge in [0.05, 0.1) is 5.69 Å². The van der Waals surface area contributed by atoms with Gasteiger partial charge in [0.1, 0.15) is 5.01 Å². The molecule has 1 N–H and O–H groups in total. The van der Waals surface area contributed by atoms with Crippen molar-refractivity contribution in [1.29, 1.82) is 0 Å². The number of nitrogens with zero attached hydrogens (tertiary/aromatic N) is 6. The summed E-state index contributed by atoms with van der Waals surface area (Å²) in [4.78, 5) is 0. The van der Waals surface area contributed by atoms with Gasteiger partial charge in [0, 0.05) is 12.5 Å². The van der Waals surface area contributed by atoms with Gasteiger partial charge >= 0.3 is 6.18 Å². The van der Waals surface area contributed by atoms with Crippen LogP contribution in [0, 0.1) is 0 Å². The molecule has 0 aliphatic heterocycles. The van der Waals surface area contributed by atoms with Crippen molar-refractivity contribution < 1.29 is 13.2 Å². The minimum atomic E-state index is -4.61. The standard InChI is InChI=1S/C15H16F3N7S/c16-15(17,18)13-22-20-11-7-6-10(24-25(11)13)8-12-21-23-14(26-12)19-9-4-2-1-3-5-9/h6-7,9H,1-5,8H2,(H,19,23). The Morgan fingerprint density at radius 2 is 1.88 bits per heavy atom. The maximum Gasteiger partial charge on any atom is 0.453 e.